The van der Waals surface area contributed by atoms with Crippen molar-refractivity contribution < 1.29 is 28.7 Å². The Kier molecular flexibility index (Phi) is 9.56. The first-order valence-electron chi connectivity index (χ1n) is 11.7. The van der Waals surface area contributed by atoms with Gasteiger partial charge in [-0.15, -0.1) is 0 Å². The minimum atomic E-state index is -0.742. The summed E-state index contributed by atoms with van der Waals surface area (Å²) in [5, 5.41) is 4.86. The third-order valence-corrected chi connectivity index (χ3v) is 6.37. The first-order chi connectivity index (χ1) is 17.7. The Hall–Kier alpha value is -3.99. The third-order valence-electron chi connectivity index (χ3n) is 5.47. The fourth-order valence-electron chi connectivity index (χ4n) is 3.77. The average molecular weight is 527 g/mol. The summed E-state index contributed by atoms with van der Waals surface area (Å²) in [5.41, 5.74) is 7.69. The maximum absolute atomic E-state index is 12.8. The van der Waals surface area contributed by atoms with Crippen molar-refractivity contribution in [2.75, 3.05) is 26.8 Å². The lowest BCUT2D eigenvalue weighted by molar-refractivity contribution is -0.124. The number of benzene rings is 2. The summed E-state index contributed by atoms with van der Waals surface area (Å²) in [4.78, 5) is 50.6. The molecule has 0 spiro atoms. The number of urea groups is 1. The van der Waals surface area contributed by atoms with Crippen molar-refractivity contribution in [3.8, 4) is 11.5 Å². The van der Waals surface area contributed by atoms with Gasteiger partial charge in [-0.1, -0.05) is 35.9 Å². The van der Waals surface area contributed by atoms with Gasteiger partial charge in [0.2, 0.25) is 5.91 Å². The predicted octanol–water partition coefficient (Wildman–Crippen LogP) is 3.35. The van der Waals surface area contributed by atoms with Gasteiger partial charge in [0.25, 0.3) is 11.1 Å². The first kappa shape index (κ1) is 27.6. The van der Waals surface area contributed by atoms with Gasteiger partial charge in [0.05, 0.1) is 31.1 Å². The minimum absolute atomic E-state index is 0.0126. The Labute approximate surface area is 219 Å². The first-order valence-corrected chi connectivity index (χ1v) is 12.5. The van der Waals surface area contributed by atoms with E-state index in [0.29, 0.717) is 23.7 Å². The van der Waals surface area contributed by atoms with E-state index in [9.17, 15) is 19.2 Å². The van der Waals surface area contributed by atoms with Gasteiger partial charge >= 0.3 is 6.03 Å². The SMILES string of the molecule is CCOc1ccc(/C=C2/SC(=O)N(CCNC(=O)C[C@H](NC(N)=O)c3cccc(C)c3)C2=O)cc1OC. The van der Waals surface area contributed by atoms with Gasteiger partial charge in [-0.25, -0.2) is 4.79 Å². The molecule has 0 aromatic heterocycles. The highest BCUT2D eigenvalue weighted by molar-refractivity contribution is 8.18. The maximum Gasteiger partial charge on any atom is 0.312 e. The quantitative estimate of drug-likeness (QED) is 0.382. The lowest BCUT2D eigenvalue weighted by atomic mass is 10.0. The van der Waals surface area contributed by atoms with Gasteiger partial charge in [0.15, 0.2) is 11.5 Å². The van der Waals surface area contributed by atoms with Crippen LogP contribution in [0.5, 0.6) is 11.5 Å². The fraction of sp³-hybridized carbons (Fsp3) is 0.308. The van der Waals surface area contributed by atoms with E-state index in [4.69, 9.17) is 15.2 Å². The van der Waals surface area contributed by atoms with Gasteiger partial charge in [-0.05, 0) is 54.9 Å². The molecule has 1 saturated heterocycles. The van der Waals surface area contributed by atoms with E-state index in [2.05, 4.69) is 10.6 Å². The number of nitrogens with two attached hydrogens (primary N) is 1. The van der Waals surface area contributed by atoms with Crippen molar-refractivity contribution in [2.45, 2.75) is 26.3 Å². The number of nitrogens with zero attached hydrogens (tertiary/aromatic N) is 1. The van der Waals surface area contributed by atoms with Crippen molar-refractivity contribution in [2.24, 2.45) is 5.73 Å². The number of aryl methyl sites for hydroxylation is 1. The van der Waals surface area contributed by atoms with Crippen molar-refractivity contribution in [1.82, 2.24) is 15.5 Å². The number of carbonyl (C=O) groups is 4. The number of hydrogen-bond acceptors (Lipinski definition) is 7. The molecular weight excluding hydrogens is 496 g/mol. The van der Waals surface area contributed by atoms with Gasteiger partial charge in [-0.3, -0.25) is 19.3 Å². The molecule has 1 fully saturated rings. The van der Waals surface area contributed by atoms with Crippen LogP contribution in [0.2, 0.25) is 0 Å². The largest absolute Gasteiger partial charge is 0.493 e. The molecular formula is C26H30N4O6S. The molecule has 1 atom stereocenters. The Morgan fingerprint density at radius 1 is 1.16 bits per heavy atom. The minimum Gasteiger partial charge on any atom is -0.493 e. The summed E-state index contributed by atoms with van der Waals surface area (Å²) in [6.07, 6.45) is 1.57. The summed E-state index contributed by atoms with van der Waals surface area (Å²) in [7, 11) is 1.52. The number of methoxy groups -OCH3 is 1. The fourth-order valence-corrected chi connectivity index (χ4v) is 4.63. The summed E-state index contributed by atoms with van der Waals surface area (Å²) in [6.45, 7) is 4.34. The van der Waals surface area contributed by atoms with Crippen LogP contribution in [-0.4, -0.2) is 54.8 Å². The molecule has 0 unspecified atom stereocenters. The van der Waals surface area contributed by atoms with Crippen molar-refractivity contribution in [3.63, 3.8) is 0 Å². The molecule has 1 aliphatic rings. The van der Waals surface area contributed by atoms with Crippen molar-refractivity contribution in [3.05, 3.63) is 64.1 Å². The molecule has 2 aromatic carbocycles. The van der Waals surface area contributed by atoms with E-state index in [1.165, 1.54) is 7.11 Å². The number of nitrogens with one attached hydrogen (secondary N) is 2. The van der Waals surface area contributed by atoms with Crippen LogP contribution in [0.4, 0.5) is 9.59 Å². The smallest absolute Gasteiger partial charge is 0.312 e. The number of thioether (sulfide) groups is 1. The van der Waals surface area contributed by atoms with E-state index in [1.54, 1.807) is 30.3 Å². The summed E-state index contributed by atoms with van der Waals surface area (Å²) in [5.74, 6) is 0.309. The molecule has 5 amide bonds. The van der Waals surface area contributed by atoms with Gasteiger partial charge < -0.3 is 25.8 Å². The Morgan fingerprint density at radius 3 is 2.62 bits per heavy atom. The number of rotatable bonds is 11. The topological polar surface area (TPSA) is 140 Å². The van der Waals surface area contributed by atoms with Crippen molar-refractivity contribution >= 4 is 40.9 Å². The monoisotopic (exact) mass is 526 g/mol. The Balaban J connectivity index is 1.59. The molecule has 1 heterocycles. The molecule has 10 nitrogen and oxygen atoms in total. The molecule has 37 heavy (non-hydrogen) atoms. The van der Waals surface area contributed by atoms with E-state index >= 15 is 0 Å². The van der Waals surface area contributed by atoms with E-state index in [-0.39, 0.29) is 30.3 Å². The molecule has 196 valence electrons. The molecule has 3 rings (SSSR count). The lowest BCUT2D eigenvalue weighted by Crippen LogP contribution is -2.40. The molecule has 1 aliphatic heterocycles. The van der Waals surface area contributed by atoms with Crippen LogP contribution < -0.4 is 25.8 Å². The zero-order valence-electron chi connectivity index (χ0n) is 20.9. The second kappa shape index (κ2) is 12.8. The third kappa shape index (κ3) is 7.50. The number of hydrogen-bond donors (Lipinski definition) is 3. The summed E-state index contributed by atoms with van der Waals surface area (Å²) >= 11 is 0.832. The molecule has 11 heteroatoms. The molecule has 0 aliphatic carbocycles. The van der Waals surface area contributed by atoms with Gasteiger partial charge in [0, 0.05) is 13.1 Å². The molecule has 2 aromatic rings. The lowest BCUT2D eigenvalue weighted by Gasteiger charge is -2.19. The van der Waals surface area contributed by atoms with Crippen LogP contribution >= 0.6 is 11.8 Å². The standard InChI is InChI=1S/C26H30N4O6S/c1-4-36-20-9-8-17(13-21(20)35-3)14-22-24(32)30(26(34)37-22)11-10-28-23(31)15-19(29-25(27)33)18-7-5-6-16(2)12-18/h5-9,12-14,19H,4,10-11,15H2,1-3H3,(H,28,31)(H3,27,29,33)/b22-14+/t19-/m0/s1. The number of ether oxygens (including phenoxy) is 2. The van der Waals surface area contributed by atoms with Crippen LogP contribution in [0.1, 0.15) is 36.1 Å². The highest BCUT2D eigenvalue weighted by Crippen LogP contribution is 2.34. The van der Waals surface area contributed by atoms with Gasteiger partial charge in [0.1, 0.15) is 0 Å². The zero-order chi connectivity index (χ0) is 26.9. The van der Waals surface area contributed by atoms with Gasteiger partial charge in [-0.2, -0.15) is 0 Å². The number of imide groups is 1. The molecule has 4 N–H and O–H groups in total. The van der Waals surface area contributed by atoms with Crippen LogP contribution in [0.15, 0.2) is 47.4 Å². The number of amides is 5. The van der Waals surface area contributed by atoms with E-state index in [0.717, 1.165) is 27.8 Å². The van der Waals surface area contributed by atoms with Crippen LogP contribution in [0.25, 0.3) is 6.08 Å². The van der Waals surface area contributed by atoms with Crippen LogP contribution in [0, 0.1) is 6.92 Å². The Morgan fingerprint density at radius 2 is 1.95 bits per heavy atom. The number of carbonyl (C=O) groups excluding carboxylic acids is 4. The summed E-state index contributed by atoms with van der Waals surface area (Å²) < 4.78 is 10.8. The molecule has 0 saturated carbocycles. The normalized spacial score (nSPS) is 15.0. The number of primary amides is 1. The molecule has 0 radical (unpaired) electrons. The van der Waals surface area contributed by atoms with Crippen LogP contribution in [0.3, 0.4) is 0 Å². The Bertz CT molecular complexity index is 1220. The zero-order valence-corrected chi connectivity index (χ0v) is 21.7. The van der Waals surface area contributed by atoms with E-state index < -0.39 is 23.2 Å². The molecule has 0 bridgehead atoms. The highest BCUT2D eigenvalue weighted by atomic mass is 32.2. The summed E-state index contributed by atoms with van der Waals surface area (Å²) in [6, 6.07) is 11.3. The van der Waals surface area contributed by atoms with Crippen molar-refractivity contribution in [1.29, 1.82) is 0 Å². The second-order valence-corrected chi connectivity index (χ2v) is 9.20. The van der Waals surface area contributed by atoms with Crippen LogP contribution in [-0.2, 0) is 9.59 Å². The maximum atomic E-state index is 12.8. The highest BCUT2D eigenvalue weighted by Gasteiger charge is 2.34. The average Bonchev–Trinajstić information content (AvgIpc) is 3.11. The second-order valence-electron chi connectivity index (χ2n) is 8.21. The van der Waals surface area contributed by atoms with E-state index in [1.807, 2.05) is 32.0 Å². The predicted molar refractivity (Wildman–Crippen MR) is 141 cm³/mol.